The smallest absolute Gasteiger partial charge is 0.271 e. The highest BCUT2D eigenvalue weighted by Gasteiger charge is 2.16. The van der Waals surface area contributed by atoms with Gasteiger partial charge in [-0.15, -0.1) is 17.8 Å². The van der Waals surface area contributed by atoms with Gasteiger partial charge >= 0.3 is 0 Å². The molecular formula is C26H36N6O4S. The number of methoxy groups -OCH3 is 1. The van der Waals surface area contributed by atoms with Gasteiger partial charge in [-0.25, -0.2) is 0 Å². The van der Waals surface area contributed by atoms with Gasteiger partial charge < -0.3 is 25.6 Å². The van der Waals surface area contributed by atoms with E-state index in [-0.39, 0.29) is 36.2 Å². The Morgan fingerprint density at radius 3 is 2.68 bits per heavy atom. The van der Waals surface area contributed by atoms with Crippen LogP contribution in [0, 0.1) is 12.3 Å². The van der Waals surface area contributed by atoms with Gasteiger partial charge in [0, 0.05) is 51.9 Å². The Bertz CT molecular complexity index is 1290. The predicted octanol–water partition coefficient (Wildman–Crippen LogP) is -0.212. The van der Waals surface area contributed by atoms with Gasteiger partial charge in [0.25, 0.3) is 11.5 Å². The van der Waals surface area contributed by atoms with Gasteiger partial charge in [0.05, 0.1) is 19.7 Å². The summed E-state index contributed by atoms with van der Waals surface area (Å²) in [6.07, 6.45) is 6.85. The molecule has 0 aliphatic heterocycles. The first kappa shape index (κ1) is 29.6. The molecule has 10 nitrogen and oxygen atoms in total. The lowest BCUT2D eigenvalue weighted by atomic mass is 10.2. The van der Waals surface area contributed by atoms with Crippen molar-refractivity contribution in [3.63, 3.8) is 0 Å². The molecule has 1 aromatic carbocycles. The lowest BCUT2D eigenvalue weighted by Crippen LogP contribution is -2.39. The van der Waals surface area contributed by atoms with Gasteiger partial charge in [0.15, 0.2) is 0 Å². The summed E-state index contributed by atoms with van der Waals surface area (Å²) >= 11 is 1.20. The predicted molar refractivity (Wildman–Crippen MR) is 150 cm³/mol. The van der Waals surface area contributed by atoms with Crippen molar-refractivity contribution in [2.24, 2.45) is 0 Å². The van der Waals surface area contributed by atoms with Gasteiger partial charge in [-0.3, -0.25) is 23.9 Å². The van der Waals surface area contributed by atoms with E-state index >= 15 is 0 Å². The highest BCUT2D eigenvalue weighted by molar-refractivity contribution is 7.07. The Kier molecular flexibility index (Phi) is 11.9. The first-order valence-electron chi connectivity index (χ1n) is 12.0. The minimum atomic E-state index is -0.382. The quantitative estimate of drug-likeness (QED) is 0.309. The number of rotatable bonds is 13. The average Bonchev–Trinajstić information content (AvgIpc) is 3.22. The molecule has 0 aliphatic rings. The largest absolute Gasteiger partial charge is 0.383 e. The summed E-state index contributed by atoms with van der Waals surface area (Å²) in [5.41, 5.74) is 1.49. The number of nitrogens with zero attached hydrogens (tertiary/aromatic N) is 3. The van der Waals surface area contributed by atoms with Crippen LogP contribution >= 0.6 is 11.3 Å². The number of hydrogen-bond acceptors (Lipinski definition) is 8. The number of hydrogen-bond donors (Lipinski definition) is 3. The van der Waals surface area contributed by atoms with E-state index in [9.17, 15) is 14.4 Å². The minimum absolute atomic E-state index is 0.0361. The number of nitrogens with one attached hydrogen (secondary N) is 3. The van der Waals surface area contributed by atoms with Crippen LogP contribution in [0.1, 0.15) is 13.8 Å². The van der Waals surface area contributed by atoms with Crippen molar-refractivity contribution in [2.45, 2.75) is 20.4 Å². The second-order valence-electron chi connectivity index (χ2n) is 7.99. The lowest BCUT2D eigenvalue weighted by molar-refractivity contribution is -0.119. The third-order valence-electron chi connectivity index (χ3n) is 5.66. The van der Waals surface area contributed by atoms with Crippen LogP contribution in [0.3, 0.4) is 0 Å². The molecule has 2 amide bonds. The van der Waals surface area contributed by atoms with Gasteiger partial charge in [-0.1, -0.05) is 18.9 Å². The maximum absolute atomic E-state index is 13.0. The number of anilines is 2. The number of amides is 2. The Morgan fingerprint density at radius 1 is 1.30 bits per heavy atom. The molecule has 3 N–H and O–H groups in total. The molecule has 0 spiro atoms. The normalized spacial score (nSPS) is 12.2. The van der Waals surface area contributed by atoms with Crippen molar-refractivity contribution in [3.8, 4) is 12.3 Å². The van der Waals surface area contributed by atoms with Gasteiger partial charge in [0.1, 0.15) is 14.9 Å². The summed E-state index contributed by atoms with van der Waals surface area (Å²) in [6, 6.07) is 7.38. The summed E-state index contributed by atoms with van der Waals surface area (Å²) < 4.78 is 7.59. The highest BCUT2D eigenvalue weighted by atomic mass is 32.1. The SMILES string of the molecule is C#CCNC(=O)/C(NC)=c1\s/c(=C/Nc2cccc(N(C)C(=O)CN(CC)CCOC)c2)c(=O)n1CC. The number of terminal acetylenes is 1. The van der Waals surface area contributed by atoms with Crippen molar-refractivity contribution in [1.82, 2.24) is 20.1 Å². The Balaban J connectivity index is 2.31. The fraction of sp³-hybridized carbons (Fsp3) is 0.423. The molecule has 2 aromatic rings. The Labute approximate surface area is 221 Å². The topological polar surface area (TPSA) is 108 Å². The lowest BCUT2D eigenvalue weighted by Gasteiger charge is -2.24. The number of carbonyl (C=O) groups is 2. The number of ether oxygens (including phenoxy) is 1. The molecule has 0 radical (unpaired) electrons. The molecule has 200 valence electrons. The summed E-state index contributed by atoms with van der Waals surface area (Å²) in [7, 11) is 5.00. The molecule has 0 aliphatic carbocycles. The van der Waals surface area contributed by atoms with Crippen LogP contribution in [0.15, 0.2) is 29.1 Å². The molecule has 0 fully saturated rings. The average molecular weight is 529 g/mol. The molecule has 0 saturated heterocycles. The van der Waals surface area contributed by atoms with Crippen LogP contribution < -0.4 is 35.6 Å². The zero-order valence-electron chi connectivity index (χ0n) is 22.1. The minimum Gasteiger partial charge on any atom is -0.383 e. The molecule has 0 bridgehead atoms. The molecule has 0 saturated carbocycles. The third-order valence-corrected chi connectivity index (χ3v) is 6.79. The van der Waals surface area contributed by atoms with Crippen LogP contribution in [-0.2, 0) is 20.9 Å². The molecule has 11 heteroatoms. The van der Waals surface area contributed by atoms with Crippen LogP contribution in [0.4, 0.5) is 11.4 Å². The van der Waals surface area contributed by atoms with E-state index < -0.39 is 0 Å². The molecule has 0 unspecified atom stereocenters. The monoisotopic (exact) mass is 528 g/mol. The number of thiazole rings is 1. The van der Waals surface area contributed by atoms with Crippen LogP contribution in [0.2, 0.25) is 0 Å². The van der Waals surface area contributed by atoms with Gasteiger partial charge in [-0.05, 0) is 31.7 Å². The molecule has 0 atom stereocenters. The molecule has 2 rings (SSSR count). The van der Waals surface area contributed by atoms with Crippen molar-refractivity contribution in [1.29, 1.82) is 0 Å². The number of aromatic nitrogens is 1. The van der Waals surface area contributed by atoms with Crippen molar-refractivity contribution in [3.05, 3.63) is 43.8 Å². The summed E-state index contributed by atoms with van der Waals surface area (Å²) in [5.74, 6) is 1.95. The zero-order valence-corrected chi connectivity index (χ0v) is 22.9. The standard InChI is InChI=1S/C26H36N6O4S/c1-7-13-28-24(34)23(27-4)26-32(9-3)25(35)21(37-26)17-29-19-11-10-12-20(16-19)30(5)22(33)18-31(8-2)14-15-36-6/h1,10-12,16-17,27,29H,8-9,13-15,18H2,2-6H3,(H,28,34)/b21-17+,26-23+. The van der Waals surface area contributed by atoms with Crippen molar-refractivity contribution < 1.29 is 14.3 Å². The highest BCUT2D eigenvalue weighted by Crippen LogP contribution is 2.19. The first-order chi connectivity index (χ1) is 17.8. The van der Waals surface area contributed by atoms with E-state index in [0.29, 0.717) is 34.6 Å². The molecule has 1 heterocycles. The third kappa shape index (κ3) is 7.95. The fourth-order valence-corrected chi connectivity index (χ4v) is 4.64. The number of likely N-dealkylation sites (N-methyl/N-ethyl adjacent to an activating group) is 3. The zero-order chi connectivity index (χ0) is 27.4. The summed E-state index contributed by atoms with van der Waals surface area (Å²) in [6.45, 7) is 6.60. The van der Waals surface area contributed by atoms with Gasteiger partial charge in [0.2, 0.25) is 5.91 Å². The second-order valence-corrected chi connectivity index (χ2v) is 9.02. The number of carbonyl (C=O) groups excluding carboxylic acids is 2. The molecular weight excluding hydrogens is 492 g/mol. The Hall–Kier alpha value is -3.59. The van der Waals surface area contributed by atoms with E-state index in [1.807, 2.05) is 43.0 Å². The second kappa shape index (κ2) is 14.8. The maximum atomic E-state index is 13.0. The van der Waals surface area contributed by atoms with Crippen LogP contribution in [0.5, 0.6) is 0 Å². The summed E-state index contributed by atoms with van der Waals surface area (Å²) in [5, 5.41) is 8.65. The van der Waals surface area contributed by atoms with Crippen molar-refractivity contribution >= 4 is 46.4 Å². The first-order valence-corrected chi connectivity index (χ1v) is 12.8. The van der Waals surface area contributed by atoms with Crippen molar-refractivity contribution in [2.75, 3.05) is 64.2 Å². The summed E-state index contributed by atoms with van der Waals surface area (Å²) in [4.78, 5) is 42.0. The van der Waals surface area contributed by atoms with E-state index in [1.54, 1.807) is 32.3 Å². The van der Waals surface area contributed by atoms with E-state index in [4.69, 9.17) is 11.2 Å². The van der Waals surface area contributed by atoms with E-state index in [0.717, 1.165) is 12.2 Å². The van der Waals surface area contributed by atoms with Gasteiger partial charge in [-0.2, -0.15) is 0 Å². The number of benzene rings is 1. The Morgan fingerprint density at radius 2 is 2.05 bits per heavy atom. The van der Waals surface area contributed by atoms with E-state index in [1.165, 1.54) is 15.9 Å². The molecule has 1 aromatic heterocycles. The fourth-order valence-electron chi connectivity index (χ4n) is 3.49. The van der Waals surface area contributed by atoms with E-state index in [2.05, 4.69) is 21.9 Å². The van der Waals surface area contributed by atoms with Crippen LogP contribution in [-0.4, -0.2) is 75.3 Å². The maximum Gasteiger partial charge on any atom is 0.271 e. The van der Waals surface area contributed by atoms with Crippen LogP contribution in [0.25, 0.3) is 11.9 Å². The molecule has 37 heavy (non-hydrogen) atoms.